The maximum absolute atomic E-state index is 11.9. The van der Waals surface area contributed by atoms with Crippen LogP contribution in [0, 0.1) is 0 Å². The number of rotatable bonds is 5. The fourth-order valence-corrected chi connectivity index (χ4v) is 2.11. The largest absolute Gasteiger partial charge is 0.409 e. The topological polar surface area (TPSA) is 115 Å². The van der Waals surface area contributed by atoms with Gasteiger partial charge in [0.05, 0.1) is 11.3 Å². The Hall–Kier alpha value is -1.83. The molecule has 1 aromatic rings. The van der Waals surface area contributed by atoms with Crippen molar-refractivity contribution in [3.05, 3.63) is 34.2 Å². The van der Waals surface area contributed by atoms with E-state index in [1.165, 1.54) is 22.9 Å². The molecule has 3 N–H and O–H groups in total. The van der Waals surface area contributed by atoms with Crippen molar-refractivity contribution in [3.63, 3.8) is 0 Å². The van der Waals surface area contributed by atoms with E-state index in [2.05, 4.69) is 5.16 Å². The molecule has 7 nitrogen and oxygen atoms in total. The predicted octanol–water partition coefficient (Wildman–Crippen LogP) is -0.622. The second-order valence-corrected chi connectivity index (χ2v) is 6.11. The van der Waals surface area contributed by atoms with Crippen molar-refractivity contribution < 1.29 is 13.6 Å². The molecule has 0 amide bonds. The van der Waals surface area contributed by atoms with E-state index < -0.39 is 15.4 Å². The lowest BCUT2D eigenvalue weighted by atomic mass is 10.2. The minimum atomic E-state index is -3.14. The molecule has 0 saturated heterocycles. The molecule has 0 bridgehead atoms. The number of nitrogens with two attached hydrogens (primary N) is 1. The normalized spacial score (nSPS) is 12.6. The summed E-state index contributed by atoms with van der Waals surface area (Å²) in [5.41, 5.74) is 4.89. The Bertz CT molecular complexity index is 604. The highest BCUT2D eigenvalue weighted by molar-refractivity contribution is 7.91. The third kappa shape index (κ3) is 3.33. The number of pyridine rings is 1. The summed E-state index contributed by atoms with van der Waals surface area (Å²) in [6, 6.07) is 2.94. The first-order valence-corrected chi connectivity index (χ1v) is 7.11. The molecule has 18 heavy (non-hydrogen) atoms. The Labute approximate surface area is 104 Å². The molecule has 0 aliphatic carbocycles. The van der Waals surface area contributed by atoms with Gasteiger partial charge in [0.25, 0.3) is 5.56 Å². The van der Waals surface area contributed by atoms with Gasteiger partial charge in [-0.3, -0.25) is 4.79 Å². The molecule has 0 radical (unpaired) electrons. The number of aromatic nitrogens is 1. The molecule has 100 valence electrons. The Morgan fingerprint density at radius 3 is 2.78 bits per heavy atom. The maximum Gasteiger partial charge on any atom is 0.261 e. The van der Waals surface area contributed by atoms with Gasteiger partial charge in [-0.2, -0.15) is 0 Å². The van der Waals surface area contributed by atoms with Crippen molar-refractivity contribution in [1.82, 2.24) is 4.57 Å². The summed E-state index contributed by atoms with van der Waals surface area (Å²) in [6.07, 6.45) is 1.46. The zero-order chi connectivity index (χ0) is 13.8. The molecule has 0 aromatic carbocycles. The van der Waals surface area contributed by atoms with Gasteiger partial charge in [0.2, 0.25) is 0 Å². The predicted molar refractivity (Wildman–Crippen MR) is 67.5 cm³/mol. The summed E-state index contributed by atoms with van der Waals surface area (Å²) in [6.45, 7) is 1.59. The Balaban J connectivity index is 3.03. The molecule has 0 spiro atoms. The van der Waals surface area contributed by atoms with Crippen LogP contribution in [0.25, 0.3) is 0 Å². The first-order valence-electron chi connectivity index (χ1n) is 5.29. The van der Waals surface area contributed by atoms with E-state index in [0.717, 1.165) is 0 Å². The van der Waals surface area contributed by atoms with Crippen LogP contribution in [0.15, 0.2) is 28.3 Å². The molecule has 0 aliphatic rings. The highest BCUT2D eigenvalue weighted by Gasteiger charge is 2.11. The highest BCUT2D eigenvalue weighted by Crippen LogP contribution is 1.95. The maximum atomic E-state index is 11.9. The van der Waals surface area contributed by atoms with Crippen LogP contribution in [0.5, 0.6) is 0 Å². The summed E-state index contributed by atoms with van der Waals surface area (Å²) < 4.78 is 23.9. The van der Waals surface area contributed by atoms with Gasteiger partial charge in [0.1, 0.15) is 0 Å². The molecule has 0 atom stereocenters. The molecule has 1 aromatic heterocycles. The first kappa shape index (κ1) is 14.2. The molecule has 0 aliphatic heterocycles. The molecule has 1 rings (SSSR count). The van der Waals surface area contributed by atoms with E-state index in [4.69, 9.17) is 10.9 Å². The summed E-state index contributed by atoms with van der Waals surface area (Å²) >= 11 is 0. The van der Waals surface area contributed by atoms with Gasteiger partial charge in [0.15, 0.2) is 15.7 Å². The first-order chi connectivity index (χ1) is 8.41. The number of hydrogen-bond donors (Lipinski definition) is 2. The number of aryl methyl sites for hydroxylation is 1. The van der Waals surface area contributed by atoms with E-state index in [0.29, 0.717) is 0 Å². The molecular weight excluding hydrogens is 258 g/mol. The van der Waals surface area contributed by atoms with Crippen molar-refractivity contribution >= 4 is 15.7 Å². The minimum absolute atomic E-state index is 0.0294. The molecule has 1 heterocycles. The second-order valence-electron chi connectivity index (χ2n) is 3.64. The standard InChI is InChI=1S/C10H15N3O4S/c1-2-18(16,17)7-6-13-5-3-4-8(10(13)14)9(11)12-15/h3-5,15H,2,6-7H2,1H3,(H2,11,12). The highest BCUT2D eigenvalue weighted by atomic mass is 32.2. The molecular formula is C10H15N3O4S. The van der Waals surface area contributed by atoms with Gasteiger partial charge < -0.3 is 15.5 Å². The summed E-state index contributed by atoms with van der Waals surface area (Å²) in [5.74, 6) is -0.391. The van der Waals surface area contributed by atoms with Crippen LogP contribution in [-0.4, -0.2) is 35.5 Å². The minimum Gasteiger partial charge on any atom is -0.409 e. The molecule has 0 fully saturated rings. The van der Waals surface area contributed by atoms with Gasteiger partial charge >= 0.3 is 0 Å². The number of hydrogen-bond acceptors (Lipinski definition) is 5. The SMILES string of the molecule is CCS(=O)(=O)CCn1cccc(/C(N)=N/O)c1=O. The monoisotopic (exact) mass is 273 g/mol. The molecule has 8 heteroatoms. The smallest absolute Gasteiger partial charge is 0.261 e. The lowest BCUT2D eigenvalue weighted by Crippen LogP contribution is -2.31. The Kier molecular flexibility index (Phi) is 4.49. The van der Waals surface area contributed by atoms with Gasteiger partial charge in [-0.1, -0.05) is 12.1 Å². The van der Waals surface area contributed by atoms with Crippen molar-refractivity contribution in [3.8, 4) is 0 Å². The summed E-state index contributed by atoms with van der Waals surface area (Å²) in [7, 11) is -3.14. The lowest BCUT2D eigenvalue weighted by Gasteiger charge is -2.07. The van der Waals surface area contributed by atoms with Gasteiger partial charge in [-0.15, -0.1) is 0 Å². The molecule has 0 saturated carbocycles. The average Bonchev–Trinajstić information content (AvgIpc) is 2.36. The average molecular weight is 273 g/mol. The lowest BCUT2D eigenvalue weighted by molar-refractivity contribution is 0.318. The van der Waals surface area contributed by atoms with Gasteiger partial charge in [-0.05, 0) is 12.1 Å². The Morgan fingerprint density at radius 2 is 2.22 bits per heavy atom. The van der Waals surface area contributed by atoms with Crippen LogP contribution in [0.2, 0.25) is 0 Å². The van der Waals surface area contributed by atoms with Crippen molar-refractivity contribution in [2.75, 3.05) is 11.5 Å². The van der Waals surface area contributed by atoms with Crippen LogP contribution in [0.4, 0.5) is 0 Å². The number of sulfone groups is 1. The molecule has 0 unspecified atom stereocenters. The zero-order valence-corrected chi connectivity index (χ0v) is 10.7. The van der Waals surface area contributed by atoms with E-state index >= 15 is 0 Å². The van der Waals surface area contributed by atoms with Crippen LogP contribution >= 0.6 is 0 Å². The van der Waals surface area contributed by atoms with Crippen LogP contribution in [0.3, 0.4) is 0 Å². The van der Waals surface area contributed by atoms with Crippen LogP contribution in [0.1, 0.15) is 12.5 Å². The number of amidine groups is 1. The zero-order valence-electron chi connectivity index (χ0n) is 9.91. The Morgan fingerprint density at radius 1 is 1.56 bits per heavy atom. The number of oxime groups is 1. The third-order valence-electron chi connectivity index (χ3n) is 2.49. The quantitative estimate of drug-likeness (QED) is 0.321. The number of nitrogens with zero attached hydrogens (tertiary/aromatic N) is 2. The van der Waals surface area contributed by atoms with E-state index in [9.17, 15) is 13.2 Å². The fourth-order valence-electron chi connectivity index (χ4n) is 1.34. The van der Waals surface area contributed by atoms with E-state index in [-0.39, 0.29) is 29.4 Å². The second kappa shape index (κ2) is 5.67. The van der Waals surface area contributed by atoms with Gasteiger partial charge in [-0.25, -0.2) is 8.42 Å². The van der Waals surface area contributed by atoms with Crippen molar-refractivity contribution in [2.24, 2.45) is 10.9 Å². The van der Waals surface area contributed by atoms with Crippen LogP contribution < -0.4 is 11.3 Å². The summed E-state index contributed by atoms with van der Waals surface area (Å²) in [4.78, 5) is 11.9. The van der Waals surface area contributed by atoms with Crippen LogP contribution in [-0.2, 0) is 16.4 Å². The van der Waals surface area contributed by atoms with Crippen molar-refractivity contribution in [2.45, 2.75) is 13.5 Å². The summed E-state index contributed by atoms with van der Waals surface area (Å²) in [5, 5.41) is 11.3. The van der Waals surface area contributed by atoms with Crippen molar-refractivity contribution in [1.29, 1.82) is 0 Å². The third-order valence-corrected chi connectivity index (χ3v) is 4.17. The van der Waals surface area contributed by atoms with E-state index in [1.807, 2.05) is 0 Å². The fraction of sp³-hybridized carbons (Fsp3) is 0.400. The van der Waals surface area contributed by atoms with Gasteiger partial charge in [0, 0.05) is 18.5 Å². The van der Waals surface area contributed by atoms with E-state index in [1.54, 1.807) is 6.92 Å².